The molecule has 0 aromatic heterocycles. The molecule has 0 unspecified atom stereocenters. The second kappa shape index (κ2) is 11.7. The van der Waals surface area contributed by atoms with Crippen LogP contribution in [0.15, 0.2) is 0 Å². The number of rotatable bonds is 0. The smallest absolute Gasteiger partial charge is 0.673 e. The van der Waals surface area contributed by atoms with Crippen molar-refractivity contribution in [1.82, 2.24) is 0 Å². The van der Waals surface area contributed by atoms with Gasteiger partial charge in [-0.05, 0) is 11.0 Å². The summed E-state index contributed by atoms with van der Waals surface area (Å²) in [6, 6.07) is 0. The molecule has 0 aromatic rings. The standard InChI is InChI=1S/C4H10N.2CH3.H4Si.Ti/c1-4(2,3)5;;;;/h5H,1-3H3;2*1H3;1H4;/q3*-1;;+3. The average Bonchev–Trinajstić information content (AvgIpc) is 0.722. The molecule has 1 N–H and O–H groups in total. The molecule has 0 aliphatic rings. The molecule has 57 valence electrons. The zero-order chi connectivity index (χ0) is 4.50. The molecule has 0 atom stereocenters. The van der Waals surface area contributed by atoms with Crippen LogP contribution in [0.25, 0.3) is 5.73 Å². The maximum Gasteiger partial charge on any atom is 3.00 e. The molecule has 0 bridgehead atoms. The second-order valence-corrected chi connectivity index (χ2v) is 2.25. The van der Waals surface area contributed by atoms with Crippen LogP contribution in [0.5, 0.6) is 0 Å². The van der Waals surface area contributed by atoms with Gasteiger partial charge in [0.15, 0.2) is 0 Å². The fraction of sp³-hybridized carbons (Fsp3) is 0.667. The predicted molar refractivity (Wildman–Crippen MR) is 48.2 cm³/mol. The fourth-order valence-corrected chi connectivity index (χ4v) is 0. The minimum Gasteiger partial charge on any atom is -0.673 e. The summed E-state index contributed by atoms with van der Waals surface area (Å²) in [4.78, 5) is 0. The van der Waals surface area contributed by atoms with E-state index in [2.05, 4.69) is 0 Å². The third-order valence-electron chi connectivity index (χ3n) is 0. The van der Waals surface area contributed by atoms with Gasteiger partial charge in [0.2, 0.25) is 0 Å². The van der Waals surface area contributed by atoms with Gasteiger partial charge in [-0.3, -0.25) is 0 Å². The van der Waals surface area contributed by atoms with Crippen molar-refractivity contribution in [1.29, 1.82) is 0 Å². The van der Waals surface area contributed by atoms with Crippen molar-refractivity contribution in [3.05, 3.63) is 20.6 Å². The summed E-state index contributed by atoms with van der Waals surface area (Å²) in [5.74, 6) is 0. The third kappa shape index (κ3) is 532. The number of hydrogen-bond donors (Lipinski definition) is 0. The number of nitrogens with one attached hydrogen (secondary N) is 1. The molecule has 0 aromatic carbocycles. The van der Waals surface area contributed by atoms with Gasteiger partial charge in [0.05, 0.1) is 0 Å². The van der Waals surface area contributed by atoms with Crippen LogP contribution in [0.2, 0.25) is 0 Å². The number of hydrogen-bond acceptors (Lipinski definition) is 0. The van der Waals surface area contributed by atoms with E-state index in [1.165, 1.54) is 0 Å². The van der Waals surface area contributed by atoms with E-state index in [1.54, 1.807) is 0 Å². The van der Waals surface area contributed by atoms with Crippen LogP contribution in [0.1, 0.15) is 20.8 Å². The van der Waals surface area contributed by atoms with E-state index in [9.17, 15) is 0 Å². The van der Waals surface area contributed by atoms with Gasteiger partial charge in [0.25, 0.3) is 0 Å². The van der Waals surface area contributed by atoms with Gasteiger partial charge < -0.3 is 20.6 Å². The normalized spacial score (nSPS) is 6.67. The van der Waals surface area contributed by atoms with Crippen LogP contribution in [0.3, 0.4) is 0 Å². The fourth-order valence-electron chi connectivity index (χ4n) is 0. The quantitative estimate of drug-likeness (QED) is 0.398. The van der Waals surface area contributed by atoms with Crippen molar-refractivity contribution in [2.75, 3.05) is 0 Å². The molecule has 0 fully saturated rings. The summed E-state index contributed by atoms with van der Waals surface area (Å²) < 4.78 is 0. The van der Waals surface area contributed by atoms with E-state index in [0.717, 1.165) is 0 Å². The molecule has 1 nitrogen and oxygen atoms in total. The summed E-state index contributed by atoms with van der Waals surface area (Å²) >= 11 is 0. The van der Waals surface area contributed by atoms with Crippen LogP contribution in [-0.2, 0) is 21.7 Å². The molecule has 0 aliphatic heterocycles. The van der Waals surface area contributed by atoms with E-state index in [4.69, 9.17) is 5.73 Å². The van der Waals surface area contributed by atoms with Crippen molar-refractivity contribution >= 4 is 11.0 Å². The minimum atomic E-state index is -0.250. The van der Waals surface area contributed by atoms with Crippen LogP contribution >= 0.6 is 0 Å². The third-order valence-corrected chi connectivity index (χ3v) is 0. The van der Waals surface area contributed by atoms with Gasteiger partial charge in [-0.2, -0.15) is 0 Å². The monoisotopic (exact) mass is 182 g/mol. The summed E-state index contributed by atoms with van der Waals surface area (Å²) in [6.07, 6.45) is 0. The molecule has 0 saturated heterocycles. The first kappa shape index (κ1) is 32.7. The Kier molecular flexibility index (Phi) is 42.3. The summed E-state index contributed by atoms with van der Waals surface area (Å²) in [7, 11) is 0. The Morgan fingerprint density at radius 1 is 1.00 bits per heavy atom. The molecule has 0 heterocycles. The molecule has 9 heavy (non-hydrogen) atoms. The Balaban J connectivity index is -0.0000000133. The van der Waals surface area contributed by atoms with E-state index in [-0.39, 0.29) is 53.1 Å². The van der Waals surface area contributed by atoms with Crippen molar-refractivity contribution in [3.63, 3.8) is 0 Å². The Morgan fingerprint density at radius 3 is 1.00 bits per heavy atom. The zero-order valence-corrected chi connectivity index (χ0v) is 8.06. The van der Waals surface area contributed by atoms with Crippen LogP contribution in [-0.4, -0.2) is 16.5 Å². The van der Waals surface area contributed by atoms with Crippen LogP contribution < -0.4 is 0 Å². The molecular weight excluding hydrogens is 162 g/mol. The topological polar surface area (TPSA) is 23.8 Å². The minimum absolute atomic E-state index is 0. The Labute approximate surface area is 79.7 Å². The Bertz CT molecular complexity index is 28.5. The zero-order valence-electron chi connectivity index (χ0n) is 6.50. The van der Waals surface area contributed by atoms with Crippen molar-refractivity contribution in [3.8, 4) is 0 Å². The summed E-state index contributed by atoms with van der Waals surface area (Å²) in [5, 5.41) is 0. The first-order chi connectivity index (χ1) is 2.00. The average molecular weight is 182 g/mol. The first-order valence-corrected chi connectivity index (χ1v) is 1.75. The van der Waals surface area contributed by atoms with Crippen molar-refractivity contribution in [2.45, 2.75) is 26.3 Å². The molecular formula is C6H20NSiTi. The molecule has 1 radical (unpaired) electrons. The maximum atomic E-state index is 6.94. The summed E-state index contributed by atoms with van der Waals surface area (Å²) in [6.45, 7) is 5.56. The molecule has 3 heteroatoms. The van der Waals surface area contributed by atoms with E-state index in [1.807, 2.05) is 20.8 Å². The molecule has 0 rings (SSSR count). The summed E-state index contributed by atoms with van der Waals surface area (Å²) in [5.41, 5.74) is 6.69. The predicted octanol–water partition coefficient (Wildman–Crippen LogP) is 1.28. The van der Waals surface area contributed by atoms with E-state index < -0.39 is 0 Å². The van der Waals surface area contributed by atoms with E-state index >= 15 is 0 Å². The van der Waals surface area contributed by atoms with Gasteiger partial charge >= 0.3 is 21.7 Å². The Morgan fingerprint density at radius 2 is 1.00 bits per heavy atom. The van der Waals surface area contributed by atoms with Crippen molar-refractivity contribution in [2.24, 2.45) is 0 Å². The van der Waals surface area contributed by atoms with Gasteiger partial charge in [-0.25, -0.2) is 0 Å². The van der Waals surface area contributed by atoms with Crippen LogP contribution in [0, 0.1) is 14.9 Å². The van der Waals surface area contributed by atoms with Gasteiger partial charge in [0, 0.05) is 0 Å². The maximum absolute atomic E-state index is 6.94. The van der Waals surface area contributed by atoms with Gasteiger partial charge in [0.1, 0.15) is 0 Å². The largest absolute Gasteiger partial charge is 3.00 e. The van der Waals surface area contributed by atoms with Crippen molar-refractivity contribution < 1.29 is 21.7 Å². The van der Waals surface area contributed by atoms with Gasteiger partial charge in [-0.15, -0.1) is 5.54 Å². The second-order valence-electron chi connectivity index (χ2n) is 2.25. The molecule has 0 aliphatic carbocycles. The van der Waals surface area contributed by atoms with Gasteiger partial charge in [-0.1, -0.05) is 20.8 Å². The van der Waals surface area contributed by atoms with E-state index in [0.29, 0.717) is 0 Å². The SMILES string of the molecule is CC(C)(C)[NH-].[CH3-].[CH3-].[SiH4].[Ti+3]. The molecule has 0 spiro atoms. The van der Waals surface area contributed by atoms with Crippen LogP contribution in [0.4, 0.5) is 0 Å². The first-order valence-electron chi connectivity index (χ1n) is 1.75. The molecule has 0 amide bonds. The molecule has 0 saturated carbocycles. The Hall–Kier alpha value is 0.891.